The van der Waals surface area contributed by atoms with Gasteiger partial charge in [-0.25, -0.2) is 24.9 Å². The van der Waals surface area contributed by atoms with Crippen LogP contribution < -0.4 is 5.56 Å². The van der Waals surface area contributed by atoms with Crippen LogP contribution in [0.5, 0.6) is 0 Å². The molecule has 4 heterocycles. The number of fused-ring (bicyclic) bond motifs is 2. The minimum atomic E-state index is -0.204. The van der Waals surface area contributed by atoms with E-state index in [1.54, 1.807) is 18.3 Å². The van der Waals surface area contributed by atoms with Crippen LogP contribution in [-0.4, -0.2) is 29.9 Å². The average Bonchev–Trinajstić information content (AvgIpc) is 2.58. The number of aromatic nitrogens is 6. The molecule has 0 spiro atoms. The predicted molar refractivity (Wildman–Crippen MR) is 99.3 cm³/mol. The molecule has 0 fully saturated rings. The Morgan fingerprint density at radius 1 is 0.760 bits per heavy atom. The first-order valence-corrected chi connectivity index (χ1v) is 7.60. The molecule has 0 atom stereocenters. The lowest BCUT2D eigenvalue weighted by Gasteiger charge is -1.97. The van der Waals surface area contributed by atoms with E-state index in [4.69, 9.17) is 34.8 Å². The van der Waals surface area contributed by atoms with Gasteiger partial charge in [0.2, 0.25) is 0 Å². The highest BCUT2D eigenvalue weighted by molar-refractivity contribution is 6.37. The van der Waals surface area contributed by atoms with E-state index in [9.17, 15) is 4.79 Å². The largest absolute Gasteiger partial charge is 0.313 e. The molecule has 0 aliphatic heterocycles. The second-order valence-corrected chi connectivity index (χ2v) is 5.47. The van der Waals surface area contributed by atoms with Crippen molar-refractivity contribution < 1.29 is 0 Å². The fraction of sp³-hybridized carbons (Fsp3) is 0.0667. The van der Waals surface area contributed by atoms with Gasteiger partial charge in [-0.1, -0.05) is 42.2 Å². The molecule has 10 heteroatoms. The Bertz CT molecular complexity index is 1040. The summed E-state index contributed by atoms with van der Waals surface area (Å²) in [6.07, 6.45) is 5.71. The summed E-state index contributed by atoms with van der Waals surface area (Å²) in [7, 11) is 0. The van der Waals surface area contributed by atoms with Crippen LogP contribution in [0.2, 0.25) is 15.5 Å². The molecule has 4 aromatic rings. The van der Waals surface area contributed by atoms with Gasteiger partial charge in [-0.05, 0) is 12.1 Å². The molecule has 128 valence electrons. The van der Waals surface area contributed by atoms with Crippen LogP contribution in [0, 0.1) is 0 Å². The van der Waals surface area contributed by atoms with Crippen molar-refractivity contribution in [1.82, 2.24) is 29.9 Å². The molecule has 0 amide bonds. The lowest BCUT2D eigenvalue weighted by Crippen LogP contribution is -2.06. The molecular formula is C15H11Cl3N6O. The standard InChI is InChI=1S/C7H3Cl2N3.C7H4ClN3O.CH4/c8-6-4-1-2-10-7(9)5(4)11-3-12-6;8-6-5-4(1-2-9-6)7(12)11-3-10-5;/h1-3H;1-3H,(H,10,11,12);1H4. The molecule has 0 unspecified atom stereocenters. The third-order valence-corrected chi connectivity index (χ3v) is 3.83. The molecule has 7 nitrogen and oxygen atoms in total. The number of hydrogen-bond acceptors (Lipinski definition) is 6. The number of rotatable bonds is 0. The highest BCUT2D eigenvalue weighted by atomic mass is 35.5. The molecule has 0 saturated carbocycles. The molecule has 4 rings (SSSR count). The second-order valence-electron chi connectivity index (χ2n) is 4.39. The first-order valence-electron chi connectivity index (χ1n) is 6.46. The molecule has 1 N–H and O–H groups in total. The molecule has 0 aliphatic carbocycles. The first kappa shape index (κ1) is 19.0. The van der Waals surface area contributed by atoms with E-state index in [2.05, 4.69) is 29.9 Å². The molecule has 4 aromatic heterocycles. The molecule has 0 bridgehead atoms. The lowest BCUT2D eigenvalue weighted by molar-refractivity contribution is 1.16. The zero-order valence-corrected chi connectivity index (χ0v) is 14.0. The molecule has 0 radical (unpaired) electrons. The Hall–Kier alpha value is -2.35. The number of nitrogens with zero attached hydrogens (tertiary/aromatic N) is 5. The van der Waals surface area contributed by atoms with Crippen molar-refractivity contribution in [2.45, 2.75) is 7.43 Å². The Balaban J connectivity index is 0.000000173. The van der Waals surface area contributed by atoms with Gasteiger partial charge < -0.3 is 4.98 Å². The summed E-state index contributed by atoms with van der Waals surface area (Å²) in [6.45, 7) is 0. The summed E-state index contributed by atoms with van der Waals surface area (Å²) in [6, 6.07) is 3.30. The van der Waals surface area contributed by atoms with Crippen LogP contribution in [0.15, 0.2) is 42.0 Å². The van der Waals surface area contributed by atoms with Gasteiger partial charge in [0.1, 0.15) is 22.5 Å². The van der Waals surface area contributed by atoms with Crippen molar-refractivity contribution in [3.63, 3.8) is 0 Å². The number of H-pyrrole nitrogens is 1. The number of pyridine rings is 2. The average molecular weight is 398 g/mol. The van der Waals surface area contributed by atoms with Gasteiger partial charge in [-0.2, -0.15) is 0 Å². The van der Waals surface area contributed by atoms with Crippen molar-refractivity contribution in [2.75, 3.05) is 0 Å². The Kier molecular flexibility index (Phi) is 6.19. The fourth-order valence-corrected chi connectivity index (χ4v) is 2.50. The summed E-state index contributed by atoms with van der Waals surface area (Å²) >= 11 is 17.3. The monoisotopic (exact) mass is 396 g/mol. The molecular weight excluding hydrogens is 387 g/mol. The van der Waals surface area contributed by atoms with Crippen LogP contribution in [-0.2, 0) is 0 Å². The van der Waals surface area contributed by atoms with Crippen LogP contribution in [0.1, 0.15) is 7.43 Å². The van der Waals surface area contributed by atoms with Gasteiger partial charge in [-0.15, -0.1) is 0 Å². The van der Waals surface area contributed by atoms with Gasteiger partial charge in [-0.3, -0.25) is 4.79 Å². The van der Waals surface area contributed by atoms with E-state index in [1.165, 1.54) is 18.9 Å². The highest BCUT2D eigenvalue weighted by Gasteiger charge is 2.04. The Labute approximate surface area is 157 Å². The predicted octanol–water partition coefficient (Wildman–Crippen LogP) is 3.94. The molecule has 0 saturated heterocycles. The summed E-state index contributed by atoms with van der Waals surface area (Å²) in [5, 5.41) is 2.16. The van der Waals surface area contributed by atoms with Crippen molar-refractivity contribution in [1.29, 1.82) is 0 Å². The number of nitrogens with one attached hydrogen (secondary N) is 1. The van der Waals surface area contributed by atoms with Crippen molar-refractivity contribution in [3.05, 3.63) is 63.0 Å². The quantitative estimate of drug-likeness (QED) is 0.356. The van der Waals surface area contributed by atoms with E-state index in [-0.39, 0.29) is 18.1 Å². The zero-order valence-electron chi connectivity index (χ0n) is 11.7. The van der Waals surface area contributed by atoms with Gasteiger partial charge >= 0.3 is 0 Å². The van der Waals surface area contributed by atoms with Crippen molar-refractivity contribution >= 4 is 56.6 Å². The maximum absolute atomic E-state index is 11.1. The zero-order chi connectivity index (χ0) is 17.1. The van der Waals surface area contributed by atoms with Crippen molar-refractivity contribution in [2.24, 2.45) is 0 Å². The van der Waals surface area contributed by atoms with Gasteiger partial charge in [0.05, 0.1) is 11.7 Å². The van der Waals surface area contributed by atoms with E-state index < -0.39 is 0 Å². The minimum Gasteiger partial charge on any atom is -0.313 e. The lowest BCUT2D eigenvalue weighted by atomic mass is 10.3. The summed E-state index contributed by atoms with van der Waals surface area (Å²) in [5.74, 6) is 0. The Morgan fingerprint density at radius 2 is 1.36 bits per heavy atom. The number of aromatic amines is 1. The smallest absolute Gasteiger partial charge is 0.258 e. The normalized spacial score (nSPS) is 10.0. The summed E-state index contributed by atoms with van der Waals surface area (Å²) in [4.78, 5) is 32.9. The van der Waals surface area contributed by atoms with Gasteiger partial charge in [0.15, 0.2) is 10.3 Å². The number of hydrogen-bond donors (Lipinski definition) is 1. The van der Waals surface area contributed by atoms with E-state index in [1.807, 2.05) is 0 Å². The third-order valence-electron chi connectivity index (χ3n) is 2.97. The van der Waals surface area contributed by atoms with Crippen LogP contribution in [0.4, 0.5) is 0 Å². The second kappa shape index (κ2) is 8.15. The van der Waals surface area contributed by atoms with Crippen LogP contribution >= 0.6 is 34.8 Å². The molecule has 0 aromatic carbocycles. The number of halogens is 3. The van der Waals surface area contributed by atoms with Crippen LogP contribution in [0.3, 0.4) is 0 Å². The molecule has 25 heavy (non-hydrogen) atoms. The topological polar surface area (TPSA) is 97.3 Å². The third kappa shape index (κ3) is 4.01. The molecule has 0 aliphatic rings. The van der Waals surface area contributed by atoms with Gasteiger partial charge in [0.25, 0.3) is 5.56 Å². The minimum absolute atomic E-state index is 0. The fourth-order valence-electron chi connectivity index (χ4n) is 1.89. The maximum atomic E-state index is 11.1. The maximum Gasteiger partial charge on any atom is 0.258 e. The van der Waals surface area contributed by atoms with E-state index in [0.717, 1.165) is 5.39 Å². The van der Waals surface area contributed by atoms with Crippen molar-refractivity contribution in [3.8, 4) is 0 Å². The van der Waals surface area contributed by atoms with Crippen LogP contribution in [0.25, 0.3) is 21.8 Å². The highest BCUT2D eigenvalue weighted by Crippen LogP contribution is 2.22. The first-order chi connectivity index (χ1) is 11.6. The van der Waals surface area contributed by atoms with E-state index >= 15 is 0 Å². The van der Waals surface area contributed by atoms with E-state index in [0.29, 0.717) is 26.7 Å². The summed E-state index contributed by atoms with van der Waals surface area (Å²) < 4.78 is 0. The SMILES string of the molecule is C.Clc1ncnc2c(Cl)nccc12.O=c1[nH]cnc2c(Cl)nccc12. The van der Waals surface area contributed by atoms with Gasteiger partial charge in [0, 0.05) is 17.8 Å². The Morgan fingerprint density at radius 3 is 1.96 bits per heavy atom. The summed E-state index contributed by atoms with van der Waals surface area (Å²) in [5.41, 5.74) is 0.811.